The van der Waals surface area contributed by atoms with Gasteiger partial charge in [-0.1, -0.05) is 66.2 Å². The van der Waals surface area contributed by atoms with E-state index in [0.717, 1.165) is 11.1 Å². The second kappa shape index (κ2) is 11.2. The Morgan fingerprint density at radius 1 is 1.03 bits per heavy atom. The van der Waals surface area contributed by atoms with Crippen LogP contribution in [0.5, 0.6) is 11.5 Å². The van der Waals surface area contributed by atoms with Crippen LogP contribution in [0.1, 0.15) is 21.5 Å². The maximum Gasteiger partial charge on any atom is 0.275 e. The van der Waals surface area contributed by atoms with E-state index in [-0.39, 0.29) is 6.61 Å². The van der Waals surface area contributed by atoms with Gasteiger partial charge in [-0.3, -0.25) is 4.79 Å². The van der Waals surface area contributed by atoms with E-state index in [2.05, 4.69) is 17.1 Å². The molecule has 0 saturated heterocycles. The van der Waals surface area contributed by atoms with Crippen LogP contribution in [-0.2, 0) is 6.61 Å². The molecule has 3 aromatic carbocycles. The number of hydrazone groups is 1. The van der Waals surface area contributed by atoms with Crippen molar-refractivity contribution in [2.45, 2.75) is 6.61 Å². The van der Waals surface area contributed by atoms with Gasteiger partial charge in [-0.2, -0.15) is 5.10 Å². The van der Waals surface area contributed by atoms with E-state index >= 15 is 0 Å². The van der Waals surface area contributed by atoms with Crippen molar-refractivity contribution in [2.24, 2.45) is 5.10 Å². The SMILES string of the molecule is C=CCOc1cccc(/C=N/NC(=O)c2ccccc2OCc2ccc(Cl)cc2Cl)c1. The molecule has 0 aliphatic carbocycles. The monoisotopic (exact) mass is 454 g/mol. The Kier molecular flexibility index (Phi) is 8.10. The van der Waals surface area contributed by atoms with Gasteiger partial charge in [0.25, 0.3) is 5.91 Å². The van der Waals surface area contributed by atoms with E-state index in [4.69, 9.17) is 32.7 Å². The molecule has 0 aliphatic rings. The molecule has 158 valence electrons. The molecule has 0 aliphatic heterocycles. The minimum Gasteiger partial charge on any atom is -0.490 e. The van der Waals surface area contributed by atoms with Crippen LogP contribution in [0.2, 0.25) is 10.0 Å². The zero-order valence-electron chi connectivity index (χ0n) is 16.6. The zero-order valence-corrected chi connectivity index (χ0v) is 18.1. The number of nitrogens with zero attached hydrogens (tertiary/aromatic N) is 1. The average Bonchev–Trinajstić information content (AvgIpc) is 2.77. The van der Waals surface area contributed by atoms with Gasteiger partial charge in [0, 0.05) is 15.6 Å². The number of halogens is 2. The van der Waals surface area contributed by atoms with Crippen molar-refractivity contribution in [1.29, 1.82) is 0 Å². The number of ether oxygens (including phenoxy) is 2. The highest BCUT2D eigenvalue weighted by Gasteiger charge is 2.12. The maximum atomic E-state index is 12.6. The van der Waals surface area contributed by atoms with Gasteiger partial charge in [0.05, 0.1) is 11.8 Å². The predicted octanol–water partition coefficient (Wildman–Crippen LogP) is 5.90. The van der Waals surface area contributed by atoms with E-state index in [1.165, 1.54) is 6.21 Å². The van der Waals surface area contributed by atoms with Gasteiger partial charge in [0.15, 0.2) is 0 Å². The van der Waals surface area contributed by atoms with Crippen molar-refractivity contribution in [2.75, 3.05) is 6.61 Å². The molecule has 5 nitrogen and oxygen atoms in total. The first kappa shape index (κ1) is 22.4. The molecule has 3 rings (SSSR count). The number of benzene rings is 3. The highest BCUT2D eigenvalue weighted by molar-refractivity contribution is 6.35. The molecule has 1 amide bonds. The zero-order chi connectivity index (χ0) is 22.1. The molecule has 0 aromatic heterocycles. The lowest BCUT2D eigenvalue weighted by molar-refractivity contribution is 0.0950. The molecule has 7 heteroatoms. The van der Waals surface area contributed by atoms with Crippen molar-refractivity contribution in [3.63, 3.8) is 0 Å². The summed E-state index contributed by atoms with van der Waals surface area (Å²) in [5.74, 6) is 0.712. The molecule has 31 heavy (non-hydrogen) atoms. The van der Waals surface area contributed by atoms with Crippen LogP contribution >= 0.6 is 23.2 Å². The molecule has 1 N–H and O–H groups in total. The summed E-state index contributed by atoms with van der Waals surface area (Å²) in [7, 11) is 0. The van der Waals surface area contributed by atoms with Crippen LogP contribution in [0, 0.1) is 0 Å². The van der Waals surface area contributed by atoms with Gasteiger partial charge >= 0.3 is 0 Å². The lowest BCUT2D eigenvalue weighted by Gasteiger charge is -2.11. The Morgan fingerprint density at radius 3 is 2.68 bits per heavy atom. The summed E-state index contributed by atoms with van der Waals surface area (Å²) in [6.07, 6.45) is 3.21. The summed E-state index contributed by atoms with van der Waals surface area (Å²) in [4.78, 5) is 12.6. The third kappa shape index (κ3) is 6.60. The fourth-order valence-electron chi connectivity index (χ4n) is 2.64. The van der Waals surface area contributed by atoms with Gasteiger partial charge in [0.2, 0.25) is 0 Å². The number of carbonyl (C=O) groups is 1. The summed E-state index contributed by atoms with van der Waals surface area (Å²) in [6.45, 7) is 4.23. The summed E-state index contributed by atoms with van der Waals surface area (Å²) < 4.78 is 11.3. The van der Waals surface area contributed by atoms with E-state index in [1.54, 1.807) is 48.5 Å². The number of rotatable bonds is 9. The van der Waals surface area contributed by atoms with Gasteiger partial charge in [0.1, 0.15) is 24.7 Å². The summed E-state index contributed by atoms with van der Waals surface area (Å²) in [6, 6.07) is 19.4. The average molecular weight is 455 g/mol. The Hall–Kier alpha value is -3.28. The largest absolute Gasteiger partial charge is 0.490 e. The molecule has 0 atom stereocenters. The van der Waals surface area contributed by atoms with Crippen molar-refractivity contribution >= 4 is 35.3 Å². The van der Waals surface area contributed by atoms with E-state index < -0.39 is 5.91 Å². The van der Waals surface area contributed by atoms with E-state index in [9.17, 15) is 4.79 Å². The fraction of sp³-hybridized carbons (Fsp3) is 0.0833. The molecule has 3 aromatic rings. The van der Waals surface area contributed by atoms with Gasteiger partial charge < -0.3 is 9.47 Å². The first-order valence-corrected chi connectivity index (χ1v) is 10.2. The molecule has 0 spiro atoms. The lowest BCUT2D eigenvalue weighted by Crippen LogP contribution is -2.18. The Labute approximate surface area is 190 Å². The van der Waals surface area contributed by atoms with Crippen LogP contribution < -0.4 is 14.9 Å². The van der Waals surface area contributed by atoms with Crippen molar-refractivity contribution in [1.82, 2.24) is 5.43 Å². The highest BCUT2D eigenvalue weighted by Crippen LogP contribution is 2.24. The third-order valence-electron chi connectivity index (χ3n) is 4.14. The summed E-state index contributed by atoms with van der Waals surface area (Å²) >= 11 is 12.1. The molecule has 0 radical (unpaired) electrons. The van der Waals surface area contributed by atoms with Gasteiger partial charge in [-0.15, -0.1) is 0 Å². The molecular formula is C24H20Cl2N2O3. The lowest BCUT2D eigenvalue weighted by atomic mass is 10.2. The topological polar surface area (TPSA) is 59.9 Å². The first-order chi connectivity index (χ1) is 15.1. The smallest absolute Gasteiger partial charge is 0.275 e. The van der Waals surface area contributed by atoms with E-state index in [0.29, 0.717) is 33.7 Å². The normalized spacial score (nSPS) is 10.6. The van der Waals surface area contributed by atoms with E-state index in [1.807, 2.05) is 24.3 Å². The van der Waals surface area contributed by atoms with Gasteiger partial charge in [-0.25, -0.2) is 5.43 Å². The molecule has 0 heterocycles. The first-order valence-electron chi connectivity index (χ1n) is 9.39. The van der Waals surface area contributed by atoms with Crippen molar-refractivity contribution in [3.8, 4) is 11.5 Å². The van der Waals surface area contributed by atoms with Gasteiger partial charge in [-0.05, 0) is 42.0 Å². The molecule has 0 unspecified atom stereocenters. The quantitative estimate of drug-likeness (QED) is 0.248. The van der Waals surface area contributed by atoms with Crippen LogP contribution in [0.4, 0.5) is 0 Å². The number of amides is 1. The predicted molar refractivity (Wildman–Crippen MR) is 124 cm³/mol. The Balaban J connectivity index is 1.64. The second-order valence-corrected chi connectivity index (χ2v) is 7.24. The molecule has 0 saturated carbocycles. The fourth-order valence-corrected chi connectivity index (χ4v) is 3.10. The Morgan fingerprint density at radius 2 is 1.87 bits per heavy atom. The highest BCUT2D eigenvalue weighted by atomic mass is 35.5. The van der Waals surface area contributed by atoms with Crippen LogP contribution in [0.25, 0.3) is 0 Å². The molecule has 0 fully saturated rings. The number of nitrogens with one attached hydrogen (secondary N) is 1. The minimum atomic E-state index is -0.395. The van der Waals surface area contributed by atoms with Crippen LogP contribution in [0.15, 0.2) is 84.5 Å². The summed E-state index contributed by atoms with van der Waals surface area (Å²) in [5, 5.41) is 5.07. The standard InChI is InChI=1S/C24H20Cl2N2O3/c1-2-12-30-20-7-5-6-17(13-20)15-27-28-24(29)21-8-3-4-9-23(21)31-16-18-10-11-19(25)14-22(18)26/h2-11,13-15H,1,12,16H2,(H,28,29)/b27-15+. The second-order valence-electron chi connectivity index (χ2n) is 6.39. The number of carbonyl (C=O) groups excluding carboxylic acids is 1. The van der Waals surface area contributed by atoms with Crippen molar-refractivity contribution in [3.05, 3.63) is 106 Å². The van der Waals surface area contributed by atoms with Crippen molar-refractivity contribution < 1.29 is 14.3 Å². The third-order valence-corrected chi connectivity index (χ3v) is 4.72. The Bertz CT molecular complexity index is 1100. The minimum absolute atomic E-state index is 0.196. The number of para-hydroxylation sites is 1. The van der Waals surface area contributed by atoms with Crippen LogP contribution in [-0.4, -0.2) is 18.7 Å². The summed E-state index contributed by atoms with van der Waals surface area (Å²) in [5.41, 5.74) is 4.42. The number of hydrogen-bond acceptors (Lipinski definition) is 4. The number of hydrogen-bond donors (Lipinski definition) is 1. The molecular weight excluding hydrogens is 435 g/mol. The van der Waals surface area contributed by atoms with Crippen LogP contribution in [0.3, 0.4) is 0 Å². The maximum absolute atomic E-state index is 12.6. The molecule has 0 bridgehead atoms.